The van der Waals surface area contributed by atoms with Gasteiger partial charge in [-0.05, 0) is 24.0 Å². The highest BCUT2D eigenvalue weighted by Gasteiger charge is 2.26. The number of halogens is 1. The Kier molecular flexibility index (Phi) is 5.35. The monoisotopic (exact) mass is 358 g/mol. The number of hydrogen-bond acceptors (Lipinski definition) is 4. The minimum absolute atomic E-state index is 0.0610. The molecule has 7 nitrogen and oxygen atoms in total. The van der Waals surface area contributed by atoms with Crippen LogP contribution in [0.15, 0.2) is 12.1 Å². The molecular weight excluding hydrogens is 340 g/mol. The second-order valence-corrected chi connectivity index (χ2v) is 5.86. The average molecular weight is 359 g/mol. The molecule has 2 rings (SSSR count). The van der Waals surface area contributed by atoms with E-state index in [-0.39, 0.29) is 11.7 Å². The number of nitro groups is 1. The van der Waals surface area contributed by atoms with Crippen LogP contribution in [-0.2, 0) is 7.05 Å². The van der Waals surface area contributed by atoms with E-state index in [0.717, 1.165) is 31.4 Å². The van der Waals surface area contributed by atoms with E-state index >= 15 is 0 Å². The first-order valence-corrected chi connectivity index (χ1v) is 8.04. The van der Waals surface area contributed by atoms with Crippen LogP contribution >= 0.6 is 15.9 Å². The molecule has 1 aliphatic heterocycles. The molecule has 0 aromatic carbocycles. The van der Waals surface area contributed by atoms with Crippen molar-refractivity contribution in [3.05, 3.63) is 27.9 Å². The van der Waals surface area contributed by atoms with E-state index in [1.165, 1.54) is 16.7 Å². The van der Waals surface area contributed by atoms with Crippen molar-refractivity contribution in [3.8, 4) is 0 Å². The van der Waals surface area contributed by atoms with E-state index in [9.17, 15) is 14.9 Å². The maximum Gasteiger partial charge on any atom is 0.323 e. The van der Waals surface area contributed by atoms with Crippen LogP contribution in [0.25, 0.3) is 0 Å². The quantitative estimate of drug-likeness (QED) is 0.464. The van der Waals surface area contributed by atoms with Crippen molar-refractivity contribution in [2.75, 3.05) is 38.1 Å². The topological polar surface area (TPSA) is 71.6 Å². The number of rotatable bonds is 4. The van der Waals surface area contributed by atoms with Crippen LogP contribution in [0.5, 0.6) is 0 Å². The van der Waals surface area contributed by atoms with Gasteiger partial charge in [0.2, 0.25) is 0 Å². The lowest BCUT2D eigenvalue weighted by Crippen LogP contribution is -2.36. The third-order valence-corrected chi connectivity index (χ3v) is 4.13. The van der Waals surface area contributed by atoms with Gasteiger partial charge in [-0.2, -0.15) is 0 Å². The molecule has 1 aliphatic rings. The van der Waals surface area contributed by atoms with Crippen molar-refractivity contribution in [2.45, 2.75) is 6.42 Å². The zero-order valence-electron chi connectivity index (χ0n) is 12.0. The largest absolute Gasteiger partial charge is 0.358 e. The fourth-order valence-corrected chi connectivity index (χ4v) is 3.08. The minimum atomic E-state index is -0.475. The molecule has 0 N–H and O–H groups in total. The van der Waals surface area contributed by atoms with Crippen LogP contribution in [0.2, 0.25) is 0 Å². The van der Waals surface area contributed by atoms with Crippen LogP contribution in [0, 0.1) is 10.1 Å². The summed E-state index contributed by atoms with van der Waals surface area (Å²) in [6.07, 6.45) is 0.922. The van der Waals surface area contributed by atoms with Gasteiger partial charge in [-0.1, -0.05) is 15.9 Å². The summed E-state index contributed by atoms with van der Waals surface area (Å²) in [6, 6.07) is 2.91. The van der Waals surface area contributed by atoms with Crippen LogP contribution in [0.3, 0.4) is 0 Å². The number of nitrogens with zero attached hydrogens (tertiary/aromatic N) is 4. The summed E-state index contributed by atoms with van der Waals surface area (Å²) < 4.78 is 1.35. The minimum Gasteiger partial charge on any atom is -0.358 e. The van der Waals surface area contributed by atoms with Gasteiger partial charge < -0.3 is 19.9 Å². The Morgan fingerprint density at radius 3 is 2.71 bits per heavy atom. The third-order valence-electron chi connectivity index (χ3n) is 3.78. The van der Waals surface area contributed by atoms with Gasteiger partial charge in [-0.3, -0.25) is 4.79 Å². The molecule has 8 heteroatoms. The summed E-state index contributed by atoms with van der Waals surface area (Å²) in [4.78, 5) is 27.0. The molecule has 1 amide bonds. The molecule has 0 aliphatic carbocycles. The van der Waals surface area contributed by atoms with Gasteiger partial charge >= 0.3 is 5.82 Å². The lowest BCUT2D eigenvalue weighted by molar-refractivity contribution is -0.391. The first-order chi connectivity index (χ1) is 10.0. The Morgan fingerprint density at radius 1 is 1.33 bits per heavy atom. The van der Waals surface area contributed by atoms with Gasteiger partial charge in [-0.25, -0.2) is 4.57 Å². The molecule has 0 spiro atoms. The van der Waals surface area contributed by atoms with Gasteiger partial charge in [0.15, 0.2) is 5.69 Å². The van der Waals surface area contributed by atoms with Crippen molar-refractivity contribution >= 4 is 27.7 Å². The Balaban J connectivity index is 2.08. The van der Waals surface area contributed by atoms with E-state index in [4.69, 9.17) is 0 Å². The maximum atomic E-state index is 12.5. The van der Waals surface area contributed by atoms with Gasteiger partial charge in [0.1, 0.15) is 0 Å². The summed E-state index contributed by atoms with van der Waals surface area (Å²) >= 11 is 3.43. The number of amides is 1. The van der Waals surface area contributed by atoms with Crippen molar-refractivity contribution in [1.29, 1.82) is 0 Å². The normalized spacial score (nSPS) is 16.8. The van der Waals surface area contributed by atoms with Crippen molar-refractivity contribution in [3.63, 3.8) is 0 Å². The summed E-state index contributed by atoms with van der Waals surface area (Å²) in [7, 11) is 1.56. The standard InChI is InChI=1S/C13H19BrN4O3/c1-15-11(3-4-12(15)18(20)21)13(19)17-7-2-6-16(8-5-14)9-10-17/h3-4H,2,5-10H2,1H3. The molecule has 116 valence electrons. The first kappa shape index (κ1) is 16.0. The molecule has 0 saturated carbocycles. The van der Waals surface area contributed by atoms with Crippen molar-refractivity contribution in [2.24, 2.45) is 7.05 Å². The van der Waals surface area contributed by atoms with Crippen LogP contribution in [-0.4, -0.2) is 63.3 Å². The van der Waals surface area contributed by atoms with Gasteiger partial charge in [0, 0.05) is 37.6 Å². The van der Waals surface area contributed by atoms with E-state index in [1.54, 1.807) is 11.9 Å². The van der Waals surface area contributed by atoms with Crippen molar-refractivity contribution < 1.29 is 9.72 Å². The summed E-state index contributed by atoms with van der Waals surface area (Å²) in [5, 5.41) is 11.8. The highest BCUT2D eigenvalue weighted by molar-refractivity contribution is 9.09. The lowest BCUT2D eigenvalue weighted by Gasteiger charge is -2.20. The zero-order chi connectivity index (χ0) is 15.4. The Labute approximate surface area is 131 Å². The SMILES string of the molecule is Cn1c(C(=O)N2CCCN(CCBr)CC2)ccc1[N+](=O)[O-]. The van der Waals surface area contributed by atoms with E-state index in [1.807, 2.05) is 0 Å². The molecule has 1 aromatic heterocycles. The molecule has 1 aromatic rings. The molecule has 0 unspecified atom stereocenters. The highest BCUT2D eigenvalue weighted by Crippen LogP contribution is 2.17. The Bertz CT molecular complexity index is 531. The third kappa shape index (κ3) is 3.62. The zero-order valence-corrected chi connectivity index (χ0v) is 13.6. The number of carbonyl (C=O) groups excluding carboxylic acids is 1. The molecule has 21 heavy (non-hydrogen) atoms. The van der Waals surface area contributed by atoms with Crippen molar-refractivity contribution in [1.82, 2.24) is 14.4 Å². The molecule has 0 bridgehead atoms. The Morgan fingerprint density at radius 2 is 2.10 bits per heavy atom. The first-order valence-electron chi connectivity index (χ1n) is 6.92. The number of aromatic nitrogens is 1. The predicted molar refractivity (Wildman–Crippen MR) is 82.8 cm³/mol. The lowest BCUT2D eigenvalue weighted by atomic mass is 10.3. The van der Waals surface area contributed by atoms with Gasteiger partial charge in [0.25, 0.3) is 5.91 Å². The van der Waals surface area contributed by atoms with Crippen LogP contribution in [0.4, 0.5) is 5.82 Å². The van der Waals surface area contributed by atoms with Crippen LogP contribution in [0.1, 0.15) is 16.9 Å². The molecule has 1 saturated heterocycles. The fourth-order valence-electron chi connectivity index (χ4n) is 2.58. The second kappa shape index (κ2) is 7.04. The highest BCUT2D eigenvalue weighted by atomic mass is 79.9. The maximum absolute atomic E-state index is 12.5. The summed E-state index contributed by atoms with van der Waals surface area (Å²) in [5.74, 6) is -0.194. The molecule has 0 radical (unpaired) electrons. The predicted octanol–water partition coefficient (Wildman–Crippen LogP) is 1.48. The smallest absolute Gasteiger partial charge is 0.323 e. The molecule has 1 fully saturated rings. The fraction of sp³-hybridized carbons (Fsp3) is 0.615. The second-order valence-electron chi connectivity index (χ2n) is 5.07. The molecule has 0 atom stereocenters. The van der Waals surface area contributed by atoms with Gasteiger partial charge in [-0.15, -0.1) is 0 Å². The molecular formula is C13H19BrN4O3. The summed E-state index contributed by atoms with van der Waals surface area (Å²) in [6.45, 7) is 4.13. The van der Waals surface area contributed by atoms with E-state index < -0.39 is 4.92 Å². The van der Waals surface area contributed by atoms with E-state index in [2.05, 4.69) is 20.8 Å². The van der Waals surface area contributed by atoms with Crippen LogP contribution < -0.4 is 0 Å². The Hall–Kier alpha value is -1.41. The van der Waals surface area contributed by atoms with Gasteiger partial charge in [0.05, 0.1) is 7.05 Å². The average Bonchev–Trinajstić information content (AvgIpc) is 2.68. The number of alkyl halides is 1. The summed E-state index contributed by atoms with van der Waals surface area (Å²) in [5.41, 5.74) is 0.371. The molecule has 2 heterocycles. The number of hydrogen-bond donors (Lipinski definition) is 0. The van der Waals surface area contributed by atoms with E-state index in [0.29, 0.717) is 18.8 Å². The number of carbonyl (C=O) groups is 1.